The highest BCUT2D eigenvalue weighted by molar-refractivity contribution is 7.16. The number of hydrogen-bond donors (Lipinski definition) is 1. The lowest BCUT2D eigenvalue weighted by Crippen LogP contribution is -2.28. The lowest BCUT2D eigenvalue weighted by Gasteiger charge is -2.16. The molecule has 1 saturated heterocycles. The van der Waals surface area contributed by atoms with Crippen LogP contribution in [0.2, 0.25) is 0 Å². The van der Waals surface area contributed by atoms with E-state index in [1.54, 1.807) is 16.2 Å². The van der Waals surface area contributed by atoms with Crippen molar-refractivity contribution in [3.05, 3.63) is 58.3 Å². The molecule has 1 atom stereocenters. The fourth-order valence-electron chi connectivity index (χ4n) is 3.09. The smallest absolute Gasteiger partial charge is 0.231 e. The van der Waals surface area contributed by atoms with Crippen molar-refractivity contribution < 1.29 is 9.59 Å². The Hall–Kier alpha value is -2.51. The van der Waals surface area contributed by atoms with Crippen LogP contribution in [0.1, 0.15) is 17.5 Å². The first-order valence-electron chi connectivity index (χ1n) is 8.72. The van der Waals surface area contributed by atoms with E-state index in [1.165, 1.54) is 16.9 Å². The van der Waals surface area contributed by atoms with Gasteiger partial charge in [-0.2, -0.15) is 0 Å². The second kappa shape index (κ2) is 7.62. The van der Waals surface area contributed by atoms with Gasteiger partial charge in [-0.1, -0.05) is 35.9 Å². The molecule has 0 bridgehead atoms. The highest BCUT2D eigenvalue weighted by atomic mass is 32.1. The maximum Gasteiger partial charge on any atom is 0.231 e. The zero-order chi connectivity index (χ0) is 18.8. The van der Waals surface area contributed by atoms with Crippen LogP contribution in [0.5, 0.6) is 0 Å². The van der Waals surface area contributed by atoms with Gasteiger partial charge in [0.2, 0.25) is 11.8 Å². The lowest BCUT2D eigenvalue weighted by molar-refractivity contribution is -0.128. The lowest BCUT2D eigenvalue weighted by atomic mass is 10.1. The Morgan fingerprint density at radius 2 is 2.07 bits per heavy atom. The highest BCUT2D eigenvalue weighted by Gasteiger charge is 2.34. The molecule has 1 N–H and O–H groups in total. The van der Waals surface area contributed by atoms with E-state index >= 15 is 0 Å². The number of likely N-dealkylation sites (tertiary alicyclic amines) is 1. The number of carbonyl (C=O) groups excluding carboxylic acids is 2. The molecule has 1 unspecified atom stereocenters. The molecule has 0 saturated carbocycles. The second-order valence-corrected chi connectivity index (χ2v) is 8.47. The summed E-state index contributed by atoms with van der Waals surface area (Å²) in [4.78, 5) is 32.2. The number of nitrogens with zero attached hydrogens (tertiary/aromatic N) is 2. The molecule has 1 aliphatic rings. The van der Waals surface area contributed by atoms with Crippen molar-refractivity contribution >= 4 is 39.6 Å². The van der Waals surface area contributed by atoms with Gasteiger partial charge in [-0.3, -0.25) is 9.59 Å². The molecule has 2 aromatic heterocycles. The molecular weight excluding hydrogens is 378 g/mol. The number of amides is 2. The van der Waals surface area contributed by atoms with Gasteiger partial charge in [0.25, 0.3) is 0 Å². The number of aromatic nitrogens is 1. The standard InChI is InChI=1S/C20H19N3O2S2/c1-13-4-6-14(7-5-13)10-23-11-15(9-18(23)24)19(25)22-20-21-16(12-27-20)17-3-2-8-26-17/h2-8,12,15H,9-11H2,1H3,(H,21,22,25). The zero-order valence-corrected chi connectivity index (χ0v) is 16.5. The molecule has 138 valence electrons. The SMILES string of the molecule is Cc1ccc(CN2CC(C(=O)Nc3nc(-c4cccs4)cs3)CC2=O)cc1. The molecule has 1 aliphatic heterocycles. The van der Waals surface area contributed by atoms with Gasteiger partial charge >= 0.3 is 0 Å². The molecule has 1 aromatic carbocycles. The number of nitrogens with one attached hydrogen (secondary N) is 1. The number of anilines is 1. The monoisotopic (exact) mass is 397 g/mol. The fraction of sp³-hybridized carbons (Fsp3) is 0.250. The second-order valence-electron chi connectivity index (χ2n) is 6.67. The summed E-state index contributed by atoms with van der Waals surface area (Å²) in [5.41, 5.74) is 3.14. The van der Waals surface area contributed by atoms with Gasteiger partial charge in [0, 0.05) is 24.9 Å². The average molecular weight is 398 g/mol. The third kappa shape index (κ3) is 4.09. The number of thiazole rings is 1. The summed E-state index contributed by atoms with van der Waals surface area (Å²) in [5, 5.41) is 7.38. The summed E-state index contributed by atoms with van der Waals surface area (Å²) in [5.74, 6) is -0.451. The maximum absolute atomic E-state index is 12.6. The van der Waals surface area contributed by atoms with Gasteiger partial charge in [0.15, 0.2) is 5.13 Å². The summed E-state index contributed by atoms with van der Waals surface area (Å²) in [6.07, 6.45) is 0.251. The normalized spacial score (nSPS) is 16.7. The van der Waals surface area contributed by atoms with Crippen LogP contribution >= 0.6 is 22.7 Å². The predicted octanol–water partition coefficient (Wildman–Crippen LogP) is 4.17. The molecular formula is C20H19N3O2S2. The van der Waals surface area contributed by atoms with Crippen LogP contribution in [0, 0.1) is 12.8 Å². The van der Waals surface area contributed by atoms with Crippen LogP contribution in [0.4, 0.5) is 5.13 Å². The van der Waals surface area contributed by atoms with Gasteiger partial charge in [0.05, 0.1) is 16.5 Å². The van der Waals surface area contributed by atoms with Crippen molar-refractivity contribution in [3.8, 4) is 10.6 Å². The van der Waals surface area contributed by atoms with Crippen LogP contribution in [-0.4, -0.2) is 28.2 Å². The zero-order valence-electron chi connectivity index (χ0n) is 14.8. The Morgan fingerprint density at radius 1 is 1.26 bits per heavy atom. The van der Waals surface area contributed by atoms with E-state index in [4.69, 9.17) is 0 Å². The number of hydrogen-bond acceptors (Lipinski definition) is 5. The van der Waals surface area contributed by atoms with E-state index in [9.17, 15) is 9.59 Å². The van der Waals surface area contributed by atoms with Crippen LogP contribution in [0.15, 0.2) is 47.2 Å². The maximum atomic E-state index is 12.6. The van der Waals surface area contributed by atoms with Crippen molar-refractivity contribution in [2.45, 2.75) is 19.9 Å². The van der Waals surface area contributed by atoms with Crippen molar-refractivity contribution in [2.75, 3.05) is 11.9 Å². The minimum atomic E-state index is -0.336. The third-order valence-corrected chi connectivity index (χ3v) is 6.24. The van der Waals surface area contributed by atoms with Crippen molar-refractivity contribution in [2.24, 2.45) is 5.92 Å². The van der Waals surface area contributed by atoms with Gasteiger partial charge in [-0.25, -0.2) is 4.98 Å². The average Bonchev–Trinajstić information content (AvgIpc) is 3.38. The van der Waals surface area contributed by atoms with E-state index in [1.807, 2.05) is 54.1 Å². The molecule has 5 nitrogen and oxygen atoms in total. The van der Waals surface area contributed by atoms with Crippen LogP contribution in [-0.2, 0) is 16.1 Å². The van der Waals surface area contributed by atoms with Gasteiger partial charge in [-0.05, 0) is 23.9 Å². The van der Waals surface area contributed by atoms with E-state index in [-0.39, 0.29) is 24.2 Å². The van der Waals surface area contributed by atoms with Gasteiger partial charge < -0.3 is 10.2 Å². The molecule has 27 heavy (non-hydrogen) atoms. The van der Waals surface area contributed by atoms with Gasteiger partial charge in [0.1, 0.15) is 0 Å². The summed E-state index contributed by atoms with van der Waals surface area (Å²) >= 11 is 3.02. The Labute approximate surface area is 165 Å². The Morgan fingerprint density at radius 3 is 2.81 bits per heavy atom. The number of carbonyl (C=O) groups is 2. The van der Waals surface area contributed by atoms with Crippen LogP contribution in [0.3, 0.4) is 0 Å². The molecule has 0 aliphatic carbocycles. The molecule has 1 fully saturated rings. The van der Waals surface area contributed by atoms with E-state index in [2.05, 4.69) is 10.3 Å². The number of benzene rings is 1. The molecule has 4 rings (SSSR count). The Balaban J connectivity index is 1.37. The minimum absolute atomic E-state index is 0.0224. The van der Waals surface area contributed by atoms with E-state index in [0.717, 1.165) is 16.1 Å². The van der Waals surface area contributed by atoms with Crippen molar-refractivity contribution in [1.29, 1.82) is 0 Å². The summed E-state index contributed by atoms with van der Waals surface area (Å²) in [6, 6.07) is 12.1. The van der Waals surface area contributed by atoms with Gasteiger partial charge in [-0.15, -0.1) is 22.7 Å². The summed E-state index contributed by atoms with van der Waals surface area (Å²) in [7, 11) is 0. The van der Waals surface area contributed by atoms with E-state index in [0.29, 0.717) is 18.2 Å². The molecule has 7 heteroatoms. The number of thiophene rings is 1. The first kappa shape index (κ1) is 17.9. The number of aryl methyl sites for hydroxylation is 1. The van der Waals surface area contributed by atoms with E-state index < -0.39 is 0 Å². The molecule has 0 radical (unpaired) electrons. The van der Waals surface area contributed by atoms with Crippen LogP contribution < -0.4 is 5.32 Å². The predicted molar refractivity (Wildman–Crippen MR) is 109 cm³/mol. The van der Waals surface area contributed by atoms with Crippen LogP contribution in [0.25, 0.3) is 10.6 Å². The fourth-order valence-corrected chi connectivity index (χ4v) is 4.56. The molecule has 3 aromatic rings. The topological polar surface area (TPSA) is 62.3 Å². The minimum Gasteiger partial charge on any atom is -0.338 e. The molecule has 2 amide bonds. The largest absolute Gasteiger partial charge is 0.338 e. The Kier molecular flexibility index (Phi) is 5.05. The first-order chi connectivity index (χ1) is 13.1. The van der Waals surface area contributed by atoms with Crippen molar-refractivity contribution in [3.63, 3.8) is 0 Å². The third-order valence-electron chi connectivity index (χ3n) is 4.59. The highest BCUT2D eigenvalue weighted by Crippen LogP contribution is 2.29. The van der Waals surface area contributed by atoms with Crippen molar-refractivity contribution in [1.82, 2.24) is 9.88 Å². The quantitative estimate of drug-likeness (QED) is 0.703. The molecule has 0 spiro atoms. The molecule has 3 heterocycles. The Bertz CT molecular complexity index is 948. The number of rotatable bonds is 5. The summed E-state index contributed by atoms with van der Waals surface area (Å²) in [6.45, 7) is 3.03. The summed E-state index contributed by atoms with van der Waals surface area (Å²) < 4.78 is 0. The first-order valence-corrected chi connectivity index (χ1v) is 10.5.